The molecule has 1 amide bonds. The molecule has 1 aliphatic heterocycles. The van der Waals surface area contributed by atoms with Gasteiger partial charge >= 0.3 is 0 Å². The van der Waals surface area contributed by atoms with Gasteiger partial charge in [-0.2, -0.15) is 0 Å². The number of hydrogen-bond donors (Lipinski definition) is 1. The molecule has 0 spiro atoms. The van der Waals surface area contributed by atoms with Gasteiger partial charge in [0, 0.05) is 7.11 Å². The van der Waals surface area contributed by atoms with Crippen LogP contribution in [0.4, 0.5) is 0 Å². The summed E-state index contributed by atoms with van der Waals surface area (Å²) in [6.07, 6.45) is 0.570. The fourth-order valence-corrected chi connectivity index (χ4v) is 1.72. The zero-order valence-corrected chi connectivity index (χ0v) is 8.07. The molecule has 3 nitrogen and oxygen atoms in total. The Kier molecular flexibility index (Phi) is 2.50. The van der Waals surface area contributed by atoms with Crippen LogP contribution in [0, 0.1) is 0 Å². The van der Waals surface area contributed by atoms with Gasteiger partial charge in [-0.05, 0) is 12.0 Å². The van der Waals surface area contributed by atoms with Gasteiger partial charge in [0.15, 0.2) is 6.10 Å². The zero-order valence-electron chi connectivity index (χ0n) is 8.07. The van der Waals surface area contributed by atoms with Crippen molar-refractivity contribution in [1.82, 2.24) is 5.32 Å². The van der Waals surface area contributed by atoms with Crippen molar-refractivity contribution in [2.24, 2.45) is 0 Å². The molecule has 1 aliphatic rings. The van der Waals surface area contributed by atoms with E-state index in [4.69, 9.17) is 4.74 Å². The SMILES string of the molecule is COC1C(=O)NC1Cc1ccccc1. The lowest BCUT2D eigenvalue weighted by Gasteiger charge is -2.35. The lowest BCUT2D eigenvalue weighted by Crippen LogP contribution is -2.63. The second-order valence-electron chi connectivity index (χ2n) is 3.46. The van der Waals surface area contributed by atoms with E-state index in [1.807, 2.05) is 18.2 Å². The first-order valence-electron chi connectivity index (χ1n) is 4.68. The summed E-state index contributed by atoms with van der Waals surface area (Å²) in [6.45, 7) is 0. The van der Waals surface area contributed by atoms with Crippen molar-refractivity contribution in [3.8, 4) is 0 Å². The lowest BCUT2D eigenvalue weighted by atomic mass is 9.94. The van der Waals surface area contributed by atoms with Crippen LogP contribution in [0.3, 0.4) is 0 Å². The van der Waals surface area contributed by atoms with Crippen LogP contribution in [-0.4, -0.2) is 25.2 Å². The third-order valence-electron chi connectivity index (χ3n) is 2.50. The number of ether oxygens (including phenoxy) is 1. The van der Waals surface area contributed by atoms with Crippen LogP contribution in [0.1, 0.15) is 5.56 Å². The van der Waals surface area contributed by atoms with E-state index in [0.717, 1.165) is 6.42 Å². The first-order valence-corrected chi connectivity index (χ1v) is 4.68. The number of carbonyl (C=O) groups is 1. The van der Waals surface area contributed by atoms with Crippen LogP contribution in [0.15, 0.2) is 30.3 Å². The van der Waals surface area contributed by atoms with E-state index < -0.39 is 0 Å². The Balaban J connectivity index is 1.97. The summed E-state index contributed by atoms with van der Waals surface area (Å²) in [5.41, 5.74) is 1.22. The topological polar surface area (TPSA) is 38.3 Å². The second kappa shape index (κ2) is 3.80. The quantitative estimate of drug-likeness (QED) is 0.716. The number of nitrogens with one attached hydrogen (secondary N) is 1. The van der Waals surface area contributed by atoms with E-state index in [1.165, 1.54) is 5.56 Å². The highest BCUT2D eigenvalue weighted by atomic mass is 16.5. The summed E-state index contributed by atoms with van der Waals surface area (Å²) in [7, 11) is 1.57. The number of hydrogen-bond acceptors (Lipinski definition) is 2. The van der Waals surface area contributed by atoms with Crippen LogP contribution < -0.4 is 5.32 Å². The predicted octanol–water partition coefficient (Wildman–Crippen LogP) is 0.742. The van der Waals surface area contributed by atoms with E-state index in [-0.39, 0.29) is 18.1 Å². The smallest absolute Gasteiger partial charge is 0.251 e. The molecule has 1 aromatic carbocycles. The molecule has 14 heavy (non-hydrogen) atoms. The van der Waals surface area contributed by atoms with Gasteiger partial charge < -0.3 is 10.1 Å². The Morgan fingerprint density at radius 3 is 2.64 bits per heavy atom. The Hall–Kier alpha value is -1.35. The minimum Gasteiger partial charge on any atom is -0.369 e. The van der Waals surface area contributed by atoms with Crippen LogP contribution in [-0.2, 0) is 16.0 Å². The monoisotopic (exact) mass is 191 g/mol. The Morgan fingerprint density at radius 2 is 2.07 bits per heavy atom. The van der Waals surface area contributed by atoms with Gasteiger partial charge in [0.1, 0.15) is 0 Å². The van der Waals surface area contributed by atoms with Crippen molar-refractivity contribution in [3.63, 3.8) is 0 Å². The summed E-state index contributed by atoms with van der Waals surface area (Å²) in [4.78, 5) is 11.0. The predicted molar refractivity (Wildman–Crippen MR) is 52.9 cm³/mol. The van der Waals surface area contributed by atoms with E-state index in [2.05, 4.69) is 17.4 Å². The maximum Gasteiger partial charge on any atom is 0.251 e. The van der Waals surface area contributed by atoms with E-state index in [1.54, 1.807) is 7.11 Å². The largest absolute Gasteiger partial charge is 0.369 e. The molecule has 0 aromatic heterocycles. The lowest BCUT2D eigenvalue weighted by molar-refractivity contribution is -0.145. The molecule has 1 fully saturated rings. The molecule has 2 unspecified atom stereocenters. The van der Waals surface area contributed by atoms with Gasteiger partial charge in [0.2, 0.25) is 0 Å². The van der Waals surface area contributed by atoms with Gasteiger partial charge in [-0.25, -0.2) is 0 Å². The molecule has 1 saturated heterocycles. The molecule has 3 heteroatoms. The van der Waals surface area contributed by atoms with Crippen LogP contribution in [0.2, 0.25) is 0 Å². The molecule has 1 aromatic rings. The number of methoxy groups -OCH3 is 1. The first-order chi connectivity index (χ1) is 6.81. The summed E-state index contributed by atoms with van der Waals surface area (Å²) < 4.78 is 5.07. The normalized spacial score (nSPS) is 25.4. The van der Waals surface area contributed by atoms with Gasteiger partial charge in [0.05, 0.1) is 6.04 Å². The maximum absolute atomic E-state index is 11.0. The molecule has 0 bridgehead atoms. The number of carbonyl (C=O) groups excluding carboxylic acids is 1. The molecule has 2 atom stereocenters. The van der Waals surface area contributed by atoms with Crippen LogP contribution in [0.25, 0.3) is 0 Å². The van der Waals surface area contributed by atoms with Crippen LogP contribution >= 0.6 is 0 Å². The fourth-order valence-electron chi connectivity index (χ4n) is 1.72. The van der Waals surface area contributed by atoms with Crippen molar-refractivity contribution in [3.05, 3.63) is 35.9 Å². The minimum atomic E-state index is -0.268. The Labute approximate surface area is 83.1 Å². The summed E-state index contributed by atoms with van der Waals surface area (Å²) in [6, 6.07) is 10.2. The number of rotatable bonds is 3. The van der Waals surface area contributed by atoms with Gasteiger partial charge in [-0.15, -0.1) is 0 Å². The average Bonchev–Trinajstić information content (AvgIpc) is 2.19. The van der Waals surface area contributed by atoms with Crippen molar-refractivity contribution in [1.29, 1.82) is 0 Å². The standard InChI is InChI=1S/C11H13NO2/c1-14-10-9(12-11(10)13)7-8-5-3-2-4-6-8/h2-6,9-10H,7H2,1H3,(H,12,13). The summed E-state index contributed by atoms with van der Waals surface area (Å²) in [5.74, 6) is -0.00608. The van der Waals surface area contributed by atoms with Crippen molar-refractivity contribution >= 4 is 5.91 Å². The van der Waals surface area contributed by atoms with Crippen LogP contribution in [0.5, 0.6) is 0 Å². The molecular formula is C11H13NO2. The summed E-state index contributed by atoms with van der Waals surface area (Å²) in [5, 5.41) is 2.83. The molecule has 74 valence electrons. The zero-order chi connectivity index (χ0) is 9.97. The maximum atomic E-state index is 11.0. The van der Waals surface area contributed by atoms with E-state index in [0.29, 0.717) is 0 Å². The third-order valence-corrected chi connectivity index (χ3v) is 2.50. The fraction of sp³-hybridized carbons (Fsp3) is 0.364. The van der Waals surface area contributed by atoms with Crippen molar-refractivity contribution in [2.75, 3.05) is 7.11 Å². The second-order valence-corrected chi connectivity index (χ2v) is 3.46. The summed E-state index contributed by atoms with van der Waals surface area (Å²) >= 11 is 0. The number of benzene rings is 1. The number of β-lactam (4-membered cyclic amide) rings is 1. The van der Waals surface area contributed by atoms with Crippen molar-refractivity contribution < 1.29 is 9.53 Å². The molecule has 0 radical (unpaired) electrons. The molecule has 0 aliphatic carbocycles. The van der Waals surface area contributed by atoms with Gasteiger partial charge in [0.25, 0.3) is 5.91 Å². The third kappa shape index (κ3) is 1.63. The first kappa shape index (κ1) is 9.21. The average molecular weight is 191 g/mol. The van der Waals surface area contributed by atoms with Crippen molar-refractivity contribution in [2.45, 2.75) is 18.6 Å². The highest BCUT2D eigenvalue weighted by Crippen LogP contribution is 2.15. The Morgan fingerprint density at radius 1 is 1.36 bits per heavy atom. The molecule has 1 N–H and O–H groups in total. The Bertz CT molecular complexity index is 323. The highest BCUT2D eigenvalue weighted by Gasteiger charge is 2.38. The van der Waals surface area contributed by atoms with Gasteiger partial charge in [-0.3, -0.25) is 4.79 Å². The minimum absolute atomic E-state index is 0.00608. The van der Waals surface area contributed by atoms with E-state index >= 15 is 0 Å². The molecule has 0 saturated carbocycles. The molecular weight excluding hydrogens is 178 g/mol. The van der Waals surface area contributed by atoms with Gasteiger partial charge in [-0.1, -0.05) is 30.3 Å². The molecule has 1 heterocycles. The van der Waals surface area contributed by atoms with E-state index in [9.17, 15) is 4.79 Å². The molecule has 2 rings (SSSR count). The number of amides is 1. The highest BCUT2D eigenvalue weighted by molar-refractivity contribution is 5.88.